The molecule has 0 bridgehead atoms. The molecule has 3 aromatic rings. The normalized spacial score (nSPS) is 20.6. The van der Waals surface area contributed by atoms with Gasteiger partial charge < -0.3 is 10.3 Å². The number of amides is 4. The average Bonchev–Trinajstić information content (AvgIpc) is 3.33. The Hall–Kier alpha value is -3.68. The fourth-order valence-electron chi connectivity index (χ4n) is 4.06. The summed E-state index contributed by atoms with van der Waals surface area (Å²) in [5.74, 6) is -0.604. The number of aromatic amines is 1. The van der Waals surface area contributed by atoms with Crippen molar-refractivity contribution in [2.75, 3.05) is 11.9 Å². The number of fused-ring (bicyclic) bond motifs is 3. The summed E-state index contributed by atoms with van der Waals surface area (Å²) < 4.78 is 0. The Kier molecular flexibility index (Phi) is 3.48. The predicted molar refractivity (Wildman–Crippen MR) is 101 cm³/mol. The number of hydrogen-bond donors (Lipinski definition) is 3. The van der Waals surface area contributed by atoms with Gasteiger partial charge in [0.05, 0.1) is 11.0 Å². The first-order valence-corrected chi connectivity index (χ1v) is 9.04. The zero-order valence-corrected chi connectivity index (χ0v) is 14.9. The lowest BCUT2D eigenvalue weighted by atomic mass is 9.92. The molecule has 0 radical (unpaired) electrons. The number of carbonyl (C=O) groups excluding carboxylic acids is 3. The van der Waals surface area contributed by atoms with Gasteiger partial charge in [-0.05, 0) is 36.1 Å². The highest BCUT2D eigenvalue weighted by atomic mass is 16.2. The lowest BCUT2D eigenvalue weighted by molar-refractivity contribution is -0.134. The van der Waals surface area contributed by atoms with Crippen LogP contribution < -0.4 is 10.6 Å². The summed E-state index contributed by atoms with van der Waals surface area (Å²) >= 11 is 0. The first-order valence-electron chi connectivity index (χ1n) is 9.04. The number of H-pyrrole nitrogens is 1. The van der Waals surface area contributed by atoms with Crippen molar-refractivity contribution in [1.82, 2.24) is 20.2 Å². The van der Waals surface area contributed by atoms with Crippen molar-refractivity contribution in [2.45, 2.75) is 18.4 Å². The third-order valence-electron chi connectivity index (χ3n) is 5.37. The van der Waals surface area contributed by atoms with Crippen LogP contribution in [0.4, 0.5) is 10.7 Å². The van der Waals surface area contributed by atoms with Crippen LogP contribution in [0.2, 0.25) is 0 Å². The standard InChI is InChI=1S/C20H17N5O3/c26-16(23-18-21-14-7-3-4-8-15(14)22-18)11-25-17(27)20(24-19(25)28)10-9-12-5-1-2-6-13(12)20/h1-8H,9-11H2,(H,24,28)(H2,21,22,23,26). The molecule has 1 saturated heterocycles. The summed E-state index contributed by atoms with van der Waals surface area (Å²) in [4.78, 5) is 46.2. The maximum atomic E-state index is 13.1. The molecule has 2 heterocycles. The van der Waals surface area contributed by atoms with Crippen LogP contribution >= 0.6 is 0 Å². The fourth-order valence-corrected chi connectivity index (χ4v) is 4.06. The number of urea groups is 1. The van der Waals surface area contributed by atoms with E-state index in [0.29, 0.717) is 18.4 Å². The third-order valence-corrected chi connectivity index (χ3v) is 5.37. The van der Waals surface area contributed by atoms with Crippen molar-refractivity contribution in [3.63, 3.8) is 0 Å². The third kappa shape index (κ3) is 2.38. The van der Waals surface area contributed by atoms with Crippen LogP contribution in [0.5, 0.6) is 0 Å². The van der Waals surface area contributed by atoms with E-state index in [9.17, 15) is 14.4 Å². The van der Waals surface area contributed by atoms with Crippen molar-refractivity contribution in [3.8, 4) is 0 Å². The van der Waals surface area contributed by atoms with Gasteiger partial charge in [0.1, 0.15) is 12.1 Å². The van der Waals surface area contributed by atoms with Gasteiger partial charge >= 0.3 is 6.03 Å². The van der Waals surface area contributed by atoms with Gasteiger partial charge in [0, 0.05) is 0 Å². The Labute approximate surface area is 159 Å². The number of aryl methyl sites for hydroxylation is 1. The van der Waals surface area contributed by atoms with Crippen molar-refractivity contribution in [3.05, 3.63) is 59.7 Å². The van der Waals surface area contributed by atoms with Gasteiger partial charge in [0.25, 0.3) is 5.91 Å². The second kappa shape index (κ2) is 5.91. The smallest absolute Gasteiger partial charge is 0.324 e. The number of imidazole rings is 1. The molecule has 28 heavy (non-hydrogen) atoms. The van der Waals surface area contributed by atoms with Crippen molar-refractivity contribution in [2.24, 2.45) is 0 Å². The number of rotatable bonds is 3. The highest BCUT2D eigenvalue weighted by Crippen LogP contribution is 2.41. The van der Waals surface area contributed by atoms with Crippen molar-refractivity contribution >= 4 is 34.8 Å². The summed E-state index contributed by atoms with van der Waals surface area (Å²) in [6.07, 6.45) is 1.21. The zero-order valence-electron chi connectivity index (χ0n) is 14.9. The molecule has 3 N–H and O–H groups in total. The highest BCUT2D eigenvalue weighted by molar-refractivity contribution is 6.10. The van der Waals surface area contributed by atoms with E-state index in [1.54, 1.807) is 0 Å². The number of carbonyl (C=O) groups is 3. The number of nitrogens with one attached hydrogen (secondary N) is 3. The van der Waals surface area contributed by atoms with E-state index in [1.165, 1.54) is 0 Å². The minimum atomic E-state index is -1.06. The molecule has 1 unspecified atom stereocenters. The first-order chi connectivity index (χ1) is 13.6. The maximum Gasteiger partial charge on any atom is 0.325 e. The molecule has 2 aromatic carbocycles. The van der Waals surface area contributed by atoms with E-state index in [2.05, 4.69) is 20.6 Å². The van der Waals surface area contributed by atoms with Crippen LogP contribution in [-0.2, 0) is 21.5 Å². The van der Waals surface area contributed by atoms with Gasteiger partial charge in [0.15, 0.2) is 0 Å². The Bertz CT molecular complexity index is 1100. The molecular weight excluding hydrogens is 358 g/mol. The number of hydrogen-bond acceptors (Lipinski definition) is 4. The molecular formula is C20H17N5O3. The summed E-state index contributed by atoms with van der Waals surface area (Å²) in [7, 11) is 0. The number of nitrogens with zero attached hydrogens (tertiary/aromatic N) is 2. The number of benzene rings is 2. The monoisotopic (exact) mass is 375 g/mol. The molecule has 1 aliphatic carbocycles. The average molecular weight is 375 g/mol. The Balaban J connectivity index is 1.35. The van der Waals surface area contributed by atoms with Crippen LogP contribution in [-0.4, -0.2) is 39.3 Å². The van der Waals surface area contributed by atoms with Crippen LogP contribution in [0.1, 0.15) is 17.5 Å². The topological polar surface area (TPSA) is 107 Å². The van der Waals surface area contributed by atoms with Crippen molar-refractivity contribution < 1.29 is 14.4 Å². The van der Waals surface area contributed by atoms with E-state index in [1.807, 2.05) is 48.5 Å². The molecule has 8 nitrogen and oxygen atoms in total. The summed E-state index contributed by atoms with van der Waals surface area (Å²) in [6, 6.07) is 14.4. The molecule has 1 aliphatic heterocycles. The summed E-state index contributed by atoms with van der Waals surface area (Å²) in [5, 5.41) is 5.43. The van der Waals surface area contributed by atoms with Gasteiger partial charge in [-0.1, -0.05) is 36.4 Å². The Morgan fingerprint density at radius 1 is 1.14 bits per heavy atom. The predicted octanol–water partition coefficient (Wildman–Crippen LogP) is 1.89. The largest absolute Gasteiger partial charge is 0.325 e. The van der Waals surface area contributed by atoms with Crippen LogP contribution in [0, 0.1) is 0 Å². The zero-order chi connectivity index (χ0) is 19.3. The number of aromatic nitrogens is 2. The van der Waals surface area contributed by atoms with Gasteiger partial charge in [-0.3, -0.25) is 19.8 Å². The summed E-state index contributed by atoms with van der Waals surface area (Å²) in [5.41, 5.74) is 2.30. The highest BCUT2D eigenvalue weighted by Gasteiger charge is 2.55. The van der Waals surface area contributed by atoms with Crippen LogP contribution in [0.25, 0.3) is 11.0 Å². The molecule has 8 heteroatoms. The molecule has 4 amide bonds. The molecule has 1 fully saturated rings. The Morgan fingerprint density at radius 3 is 2.79 bits per heavy atom. The second-order valence-corrected chi connectivity index (χ2v) is 7.03. The molecule has 5 rings (SSSR count). The lowest BCUT2D eigenvalue weighted by Crippen LogP contribution is -2.43. The van der Waals surface area contributed by atoms with Gasteiger partial charge in [0.2, 0.25) is 11.9 Å². The minimum absolute atomic E-state index is 0.277. The molecule has 0 saturated carbocycles. The number of imide groups is 1. The molecule has 2 aliphatic rings. The minimum Gasteiger partial charge on any atom is -0.324 e. The van der Waals surface area contributed by atoms with E-state index in [0.717, 1.165) is 21.5 Å². The van der Waals surface area contributed by atoms with Gasteiger partial charge in [-0.15, -0.1) is 0 Å². The molecule has 1 aromatic heterocycles. The Morgan fingerprint density at radius 2 is 1.93 bits per heavy atom. The number of anilines is 1. The van der Waals surface area contributed by atoms with Crippen LogP contribution in [0.3, 0.4) is 0 Å². The first kappa shape index (κ1) is 16.5. The van der Waals surface area contributed by atoms with E-state index in [4.69, 9.17) is 0 Å². The maximum absolute atomic E-state index is 13.1. The lowest BCUT2D eigenvalue weighted by Gasteiger charge is -2.22. The summed E-state index contributed by atoms with van der Waals surface area (Å²) in [6.45, 7) is -0.369. The van der Waals surface area contributed by atoms with Crippen molar-refractivity contribution in [1.29, 1.82) is 0 Å². The fraction of sp³-hybridized carbons (Fsp3) is 0.200. The van der Waals surface area contributed by atoms with Crippen LogP contribution in [0.15, 0.2) is 48.5 Å². The van der Waals surface area contributed by atoms with E-state index < -0.39 is 17.5 Å². The van der Waals surface area contributed by atoms with E-state index >= 15 is 0 Å². The quantitative estimate of drug-likeness (QED) is 0.608. The molecule has 1 spiro atoms. The molecule has 1 atom stereocenters. The SMILES string of the molecule is O=C(CN1C(=O)NC2(CCc3ccccc32)C1=O)Nc1nc2ccccc2[nH]1. The second-order valence-electron chi connectivity index (χ2n) is 7.03. The van der Waals surface area contributed by atoms with Gasteiger partial charge in [-0.2, -0.15) is 0 Å². The number of para-hydroxylation sites is 2. The molecule has 140 valence electrons. The van der Waals surface area contributed by atoms with Gasteiger partial charge in [-0.25, -0.2) is 9.78 Å². The van der Waals surface area contributed by atoms with E-state index in [-0.39, 0.29) is 18.4 Å².